The number of piperidine rings is 1. The van der Waals surface area contributed by atoms with Crippen LogP contribution in [0.15, 0.2) is 12.3 Å². The molecule has 0 unspecified atom stereocenters. The Hall–Kier alpha value is -0.0700. The standard InChI is InChI=1S/C10H12ClIN2O/c11-10-5-9(8(12)6-13-10)14-3-1-7(15)2-4-14/h5-7,15H,1-4H2. The summed E-state index contributed by atoms with van der Waals surface area (Å²) in [4.78, 5) is 6.28. The highest BCUT2D eigenvalue weighted by Crippen LogP contribution is 2.27. The zero-order valence-electron chi connectivity index (χ0n) is 8.16. The molecular weight excluding hydrogens is 326 g/mol. The molecule has 0 aromatic carbocycles. The van der Waals surface area contributed by atoms with Crippen molar-refractivity contribution in [1.29, 1.82) is 0 Å². The summed E-state index contributed by atoms with van der Waals surface area (Å²) in [6.45, 7) is 1.77. The van der Waals surface area contributed by atoms with Crippen molar-refractivity contribution < 1.29 is 5.11 Å². The molecule has 0 amide bonds. The molecule has 0 spiro atoms. The van der Waals surface area contributed by atoms with Gasteiger partial charge in [0.25, 0.3) is 0 Å². The lowest BCUT2D eigenvalue weighted by Crippen LogP contribution is -2.36. The van der Waals surface area contributed by atoms with Crippen LogP contribution >= 0.6 is 34.2 Å². The second-order valence-electron chi connectivity index (χ2n) is 3.68. The van der Waals surface area contributed by atoms with Gasteiger partial charge in [-0.25, -0.2) is 4.98 Å². The highest BCUT2D eigenvalue weighted by atomic mass is 127. The van der Waals surface area contributed by atoms with Crippen LogP contribution < -0.4 is 4.90 Å². The first kappa shape index (κ1) is 11.4. The van der Waals surface area contributed by atoms with Crippen molar-refractivity contribution >= 4 is 39.9 Å². The average molecular weight is 339 g/mol. The third kappa shape index (κ3) is 2.73. The van der Waals surface area contributed by atoms with Crippen molar-refractivity contribution in [1.82, 2.24) is 4.98 Å². The van der Waals surface area contributed by atoms with E-state index < -0.39 is 0 Å². The number of aliphatic hydroxyl groups is 1. The summed E-state index contributed by atoms with van der Waals surface area (Å²) in [5.41, 5.74) is 1.13. The Morgan fingerprint density at radius 3 is 2.80 bits per heavy atom. The van der Waals surface area contributed by atoms with E-state index in [1.807, 2.05) is 6.07 Å². The Bertz CT molecular complexity index is 353. The van der Waals surface area contributed by atoms with Crippen molar-refractivity contribution in [3.8, 4) is 0 Å². The van der Waals surface area contributed by atoms with Gasteiger partial charge in [-0.05, 0) is 41.5 Å². The summed E-state index contributed by atoms with van der Waals surface area (Å²) < 4.78 is 1.10. The van der Waals surface area contributed by atoms with E-state index in [9.17, 15) is 5.11 Å². The molecule has 1 aromatic rings. The summed E-state index contributed by atoms with van der Waals surface area (Å²) in [5, 5.41) is 9.96. The zero-order chi connectivity index (χ0) is 10.8. The van der Waals surface area contributed by atoms with Gasteiger partial charge in [0.2, 0.25) is 0 Å². The lowest BCUT2D eigenvalue weighted by atomic mass is 10.1. The largest absolute Gasteiger partial charge is 0.393 e. The molecule has 1 N–H and O–H groups in total. The van der Waals surface area contributed by atoms with Crippen LogP contribution in [0.1, 0.15) is 12.8 Å². The summed E-state index contributed by atoms with van der Waals surface area (Å²) in [6, 6.07) is 1.89. The van der Waals surface area contributed by atoms with E-state index in [2.05, 4.69) is 32.5 Å². The maximum atomic E-state index is 9.43. The monoisotopic (exact) mass is 338 g/mol. The molecule has 0 saturated carbocycles. The number of halogens is 2. The van der Waals surface area contributed by atoms with Crippen molar-refractivity contribution in [2.75, 3.05) is 18.0 Å². The molecule has 1 aliphatic rings. The number of hydrogen-bond acceptors (Lipinski definition) is 3. The molecule has 0 radical (unpaired) electrons. The van der Waals surface area contributed by atoms with Crippen molar-refractivity contribution in [3.05, 3.63) is 21.0 Å². The molecule has 0 atom stereocenters. The van der Waals surface area contributed by atoms with Crippen molar-refractivity contribution in [2.24, 2.45) is 0 Å². The maximum absolute atomic E-state index is 9.43. The fourth-order valence-corrected chi connectivity index (χ4v) is 2.54. The number of hydrogen-bond donors (Lipinski definition) is 1. The van der Waals surface area contributed by atoms with Crippen LogP contribution in [0.4, 0.5) is 5.69 Å². The Labute approximate surface area is 108 Å². The van der Waals surface area contributed by atoms with Crippen LogP contribution in [0.5, 0.6) is 0 Å². The topological polar surface area (TPSA) is 36.4 Å². The van der Waals surface area contributed by atoms with E-state index in [0.29, 0.717) is 5.15 Å². The van der Waals surface area contributed by atoms with Crippen molar-refractivity contribution in [2.45, 2.75) is 18.9 Å². The second-order valence-corrected chi connectivity index (χ2v) is 5.23. The van der Waals surface area contributed by atoms with Gasteiger partial charge in [-0.1, -0.05) is 11.6 Å². The Morgan fingerprint density at radius 2 is 2.13 bits per heavy atom. The van der Waals surface area contributed by atoms with Gasteiger partial charge in [0.05, 0.1) is 15.4 Å². The third-order valence-electron chi connectivity index (χ3n) is 2.61. The van der Waals surface area contributed by atoms with Crippen LogP contribution in [0.25, 0.3) is 0 Å². The fourth-order valence-electron chi connectivity index (χ4n) is 1.75. The summed E-state index contributed by atoms with van der Waals surface area (Å²) in [6.07, 6.45) is 3.30. The molecule has 1 saturated heterocycles. The fraction of sp³-hybridized carbons (Fsp3) is 0.500. The molecule has 1 aliphatic heterocycles. The lowest BCUT2D eigenvalue weighted by Gasteiger charge is -2.32. The predicted molar refractivity (Wildman–Crippen MR) is 69.4 cm³/mol. The molecule has 1 aromatic heterocycles. The number of rotatable bonds is 1. The number of anilines is 1. The Morgan fingerprint density at radius 1 is 1.47 bits per heavy atom. The molecule has 1 fully saturated rings. The first-order chi connectivity index (χ1) is 7.16. The van der Waals surface area contributed by atoms with Crippen LogP contribution in [0, 0.1) is 3.57 Å². The maximum Gasteiger partial charge on any atom is 0.131 e. The summed E-state index contributed by atoms with van der Waals surface area (Å²) >= 11 is 8.13. The van der Waals surface area contributed by atoms with Gasteiger partial charge in [-0.2, -0.15) is 0 Å². The van der Waals surface area contributed by atoms with Gasteiger partial charge in [0.1, 0.15) is 5.15 Å². The lowest BCUT2D eigenvalue weighted by molar-refractivity contribution is 0.145. The molecule has 0 aliphatic carbocycles. The number of nitrogens with zero attached hydrogens (tertiary/aromatic N) is 2. The molecular formula is C10H12ClIN2O. The minimum absolute atomic E-state index is 0.142. The van der Waals surface area contributed by atoms with E-state index >= 15 is 0 Å². The molecule has 2 rings (SSSR count). The van der Waals surface area contributed by atoms with E-state index in [0.717, 1.165) is 35.2 Å². The minimum Gasteiger partial charge on any atom is -0.393 e. The van der Waals surface area contributed by atoms with Gasteiger partial charge < -0.3 is 10.0 Å². The van der Waals surface area contributed by atoms with Crippen LogP contribution in [0.2, 0.25) is 5.15 Å². The molecule has 5 heteroatoms. The van der Waals surface area contributed by atoms with E-state index in [1.54, 1.807) is 6.20 Å². The van der Waals surface area contributed by atoms with Crippen LogP contribution in [0.3, 0.4) is 0 Å². The predicted octanol–water partition coefficient (Wildman–Crippen LogP) is 2.30. The highest BCUT2D eigenvalue weighted by Gasteiger charge is 2.19. The normalized spacial score (nSPS) is 18.2. The molecule has 2 heterocycles. The summed E-state index contributed by atoms with van der Waals surface area (Å²) in [5.74, 6) is 0. The second kappa shape index (κ2) is 4.84. The van der Waals surface area contributed by atoms with Gasteiger partial charge in [0, 0.05) is 19.3 Å². The van der Waals surface area contributed by atoms with Crippen molar-refractivity contribution in [3.63, 3.8) is 0 Å². The van der Waals surface area contributed by atoms with Crippen LogP contribution in [-0.4, -0.2) is 29.3 Å². The Balaban J connectivity index is 2.18. The smallest absolute Gasteiger partial charge is 0.131 e. The SMILES string of the molecule is OC1CCN(c2cc(Cl)ncc2I)CC1. The summed E-state index contributed by atoms with van der Waals surface area (Å²) in [7, 11) is 0. The molecule has 15 heavy (non-hydrogen) atoms. The van der Waals surface area contributed by atoms with Gasteiger partial charge >= 0.3 is 0 Å². The van der Waals surface area contributed by atoms with Gasteiger partial charge in [-0.15, -0.1) is 0 Å². The first-order valence-corrected chi connectivity index (χ1v) is 6.36. The molecule has 0 bridgehead atoms. The number of pyridine rings is 1. The van der Waals surface area contributed by atoms with Crippen LogP contribution in [-0.2, 0) is 0 Å². The van der Waals surface area contributed by atoms with E-state index in [4.69, 9.17) is 11.6 Å². The van der Waals surface area contributed by atoms with E-state index in [-0.39, 0.29) is 6.10 Å². The highest BCUT2D eigenvalue weighted by molar-refractivity contribution is 14.1. The minimum atomic E-state index is -0.142. The van der Waals surface area contributed by atoms with E-state index in [1.165, 1.54) is 0 Å². The quantitative estimate of drug-likeness (QED) is 0.630. The number of aromatic nitrogens is 1. The van der Waals surface area contributed by atoms with Gasteiger partial charge in [-0.3, -0.25) is 0 Å². The average Bonchev–Trinajstić information content (AvgIpc) is 2.23. The number of aliphatic hydroxyl groups excluding tert-OH is 1. The molecule has 3 nitrogen and oxygen atoms in total. The third-order valence-corrected chi connectivity index (χ3v) is 3.64. The van der Waals surface area contributed by atoms with Gasteiger partial charge in [0.15, 0.2) is 0 Å². The Kier molecular flexibility index (Phi) is 3.69. The first-order valence-electron chi connectivity index (χ1n) is 4.91. The zero-order valence-corrected chi connectivity index (χ0v) is 11.1. The molecule has 82 valence electrons.